The number of carboxylic acid groups (broad SMARTS) is 1. The number of carbonyl (C=O) groups is 1. The molecular weight excluding hydrogens is 299 g/mol. The van der Waals surface area contributed by atoms with E-state index in [0.717, 1.165) is 5.56 Å². The van der Waals surface area contributed by atoms with Crippen molar-refractivity contribution in [3.63, 3.8) is 0 Å². The fourth-order valence-corrected chi connectivity index (χ4v) is 2.13. The summed E-state index contributed by atoms with van der Waals surface area (Å²) in [6.07, 6.45) is -0.0839. The number of carboxylic acids is 1. The van der Waals surface area contributed by atoms with Crippen LogP contribution in [0.25, 0.3) is 0 Å². The standard InChI is InChI=1S/C15H12Cl2O3/c16-12-5-6-13(17)11(7-12)9-20-14-4-2-1-3-10(14)8-15(18)19/h1-7H,8-9H2,(H,18,19). The number of aliphatic carboxylic acids is 1. The summed E-state index contributed by atoms with van der Waals surface area (Å²) in [5, 5.41) is 10.00. The highest BCUT2D eigenvalue weighted by Gasteiger charge is 2.08. The molecule has 0 heterocycles. The Morgan fingerprint density at radius 3 is 2.60 bits per heavy atom. The molecule has 0 aliphatic heterocycles. The van der Waals surface area contributed by atoms with Crippen molar-refractivity contribution >= 4 is 29.2 Å². The average molecular weight is 311 g/mol. The van der Waals surface area contributed by atoms with Gasteiger partial charge in [0, 0.05) is 21.2 Å². The molecule has 1 N–H and O–H groups in total. The first-order chi connectivity index (χ1) is 9.56. The zero-order valence-electron chi connectivity index (χ0n) is 10.5. The van der Waals surface area contributed by atoms with Gasteiger partial charge in [0.2, 0.25) is 0 Å². The van der Waals surface area contributed by atoms with Crippen LogP contribution in [0.15, 0.2) is 42.5 Å². The Kier molecular flexibility index (Phi) is 4.88. The number of rotatable bonds is 5. The van der Waals surface area contributed by atoms with Crippen molar-refractivity contribution in [3.05, 3.63) is 63.6 Å². The van der Waals surface area contributed by atoms with Gasteiger partial charge in [0.25, 0.3) is 0 Å². The molecule has 0 amide bonds. The zero-order valence-corrected chi connectivity index (χ0v) is 12.0. The molecule has 2 aromatic carbocycles. The van der Waals surface area contributed by atoms with Crippen molar-refractivity contribution in [2.75, 3.05) is 0 Å². The van der Waals surface area contributed by atoms with E-state index in [0.29, 0.717) is 21.4 Å². The van der Waals surface area contributed by atoms with Gasteiger partial charge in [-0.3, -0.25) is 4.79 Å². The Morgan fingerprint density at radius 2 is 1.85 bits per heavy atom. The summed E-state index contributed by atoms with van der Waals surface area (Å²) in [7, 11) is 0. The molecule has 0 radical (unpaired) electrons. The second kappa shape index (κ2) is 6.64. The summed E-state index contributed by atoms with van der Waals surface area (Å²) >= 11 is 12.0. The number of halogens is 2. The van der Waals surface area contributed by atoms with Crippen LogP contribution < -0.4 is 4.74 Å². The van der Waals surface area contributed by atoms with Gasteiger partial charge in [0.15, 0.2) is 0 Å². The number of hydrogen-bond acceptors (Lipinski definition) is 2. The Bertz CT molecular complexity index is 626. The molecule has 3 nitrogen and oxygen atoms in total. The molecule has 5 heteroatoms. The molecular formula is C15H12Cl2O3. The molecule has 0 aliphatic carbocycles. The summed E-state index contributed by atoms with van der Waals surface area (Å²) in [5.41, 5.74) is 1.38. The van der Waals surface area contributed by atoms with Crippen LogP contribution in [-0.4, -0.2) is 11.1 Å². The van der Waals surface area contributed by atoms with Gasteiger partial charge >= 0.3 is 5.97 Å². The number of benzene rings is 2. The fourth-order valence-electron chi connectivity index (χ4n) is 1.76. The van der Waals surface area contributed by atoms with Crippen LogP contribution in [0.4, 0.5) is 0 Å². The number of ether oxygens (including phenoxy) is 1. The average Bonchev–Trinajstić information content (AvgIpc) is 2.41. The third-order valence-electron chi connectivity index (χ3n) is 2.71. The summed E-state index contributed by atoms with van der Waals surface area (Å²) in [6.45, 7) is 0.232. The van der Waals surface area contributed by atoms with Crippen molar-refractivity contribution < 1.29 is 14.6 Å². The Hall–Kier alpha value is -1.71. The maximum Gasteiger partial charge on any atom is 0.307 e. The second-order valence-corrected chi connectivity index (χ2v) is 5.05. The van der Waals surface area contributed by atoms with Crippen LogP contribution in [0.3, 0.4) is 0 Å². The summed E-state index contributed by atoms with van der Waals surface area (Å²) < 4.78 is 5.65. The molecule has 2 aromatic rings. The molecule has 0 saturated heterocycles. The maximum atomic E-state index is 10.8. The van der Waals surface area contributed by atoms with Gasteiger partial charge in [0.05, 0.1) is 6.42 Å². The first-order valence-corrected chi connectivity index (χ1v) is 6.68. The Labute approximate surface area is 126 Å². The van der Waals surface area contributed by atoms with E-state index >= 15 is 0 Å². The predicted molar refractivity (Wildman–Crippen MR) is 78.6 cm³/mol. The van der Waals surface area contributed by atoms with Crippen molar-refractivity contribution in [1.29, 1.82) is 0 Å². The van der Waals surface area contributed by atoms with Crippen LogP contribution in [-0.2, 0) is 17.8 Å². The van der Waals surface area contributed by atoms with E-state index in [2.05, 4.69) is 0 Å². The number of para-hydroxylation sites is 1. The summed E-state index contributed by atoms with van der Waals surface area (Å²) in [6, 6.07) is 12.2. The van der Waals surface area contributed by atoms with Crippen molar-refractivity contribution in [2.45, 2.75) is 13.0 Å². The van der Waals surface area contributed by atoms with Crippen LogP contribution in [0.2, 0.25) is 10.0 Å². The van der Waals surface area contributed by atoms with Gasteiger partial charge in [-0.25, -0.2) is 0 Å². The van der Waals surface area contributed by atoms with Crippen molar-refractivity contribution in [2.24, 2.45) is 0 Å². The van der Waals surface area contributed by atoms with E-state index in [1.807, 2.05) is 0 Å². The van der Waals surface area contributed by atoms with Crippen molar-refractivity contribution in [3.8, 4) is 5.75 Å². The predicted octanol–water partition coefficient (Wildman–Crippen LogP) is 4.20. The topological polar surface area (TPSA) is 46.5 Å². The Balaban J connectivity index is 2.14. The molecule has 2 rings (SSSR count). The minimum Gasteiger partial charge on any atom is -0.489 e. The molecule has 0 atom stereocenters. The molecule has 0 fully saturated rings. The minimum absolute atomic E-state index is 0.0839. The van der Waals surface area contributed by atoms with E-state index < -0.39 is 5.97 Å². The summed E-state index contributed by atoms with van der Waals surface area (Å²) in [5.74, 6) is -0.368. The first-order valence-electron chi connectivity index (χ1n) is 5.92. The molecule has 0 aromatic heterocycles. The maximum absolute atomic E-state index is 10.8. The summed E-state index contributed by atoms with van der Waals surface area (Å²) in [4.78, 5) is 10.8. The molecule has 0 aliphatic rings. The molecule has 104 valence electrons. The minimum atomic E-state index is -0.901. The quantitative estimate of drug-likeness (QED) is 0.900. The first kappa shape index (κ1) is 14.7. The van der Waals surface area contributed by atoms with Crippen LogP contribution in [0.1, 0.15) is 11.1 Å². The highest BCUT2D eigenvalue weighted by Crippen LogP contribution is 2.24. The van der Waals surface area contributed by atoms with Crippen LogP contribution in [0, 0.1) is 0 Å². The third-order valence-corrected chi connectivity index (χ3v) is 3.31. The zero-order chi connectivity index (χ0) is 14.5. The van der Waals surface area contributed by atoms with Gasteiger partial charge in [-0.2, -0.15) is 0 Å². The monoisotopic (exact) mass is 310 g/mol. The van der Waals surface area contributed by atoms with Crippen molar-refractivity contribution in [1.82, 2.24) is 0 Å². The SMILES string of the molecule is O=C(O)Cc1ccccc1OCc1cc(Cl)ccc1Cl. The lowest BCUT2D eigenvalue weighted by atomic mass is 10.1. The second-order valence-electron chi connectivity index (χ2n) is 4.20. The lowest BCUT2D eigenvalue weighted by molar-refractivity contribution is -0.136. The van der Waals surface area contributed by atoms with Crippen LogP contribution in [0.5, 0.6) is 5.75 Å². The lowest BCUT2D eigenvalue weighted by Crippen LogP contribution is -2.04. The molecule has 20 heavy (non-hydrogen) atoms. The van der Waals surface area contributed by atoms with Gasteiger partial charge in [-0.05, 0) is 24.3 Å². The van der Waals surface area contributed by atoms with E-state index in [-0.39, 0.29) is 13.0 Å². The molecule has 0 bridgehead atoms. The molecule has 0 spiro atoms. The van der Waals surface area contributed by atoms with Gasteiger partial charge in [-0.1, -0.05) is 41.4 Å². The van der Waals surface area contributed by atoms with Crippen LogP contribution >= 0.6 is 23.2 Å². The van der Waals surface area contributed by atoms with Gasteiger partial charge in [0.1, 0.15) is 12.4 Å². The van der Waals surface area contributed by atoms with E-state index in [9.17, 15) is 4.79 Å². The third kappa shape index (κ3) is 3.89. The normalized spacial score (nSPS) is 10.3. The van der Waals surface area contributed by atoms with E-state index in [4.69, 9.17) is 33.0 Å². The fraction of sp³-hybridized carbons (Fsp3) is 0.133. The smallest absolute Gasteiger partial charge is 0.307 e. The number of hydrogen-bond donors (Lipinski definition) is 1. The highest BCUT2D eigenvalue weighted by molar-refractivity contribution is 6.33. The van der Waals surface area contributed by atoms with Gasteiger partial charge < -0.3 is 9.84 Å². The molecule has 0 saturated carbocycles. The molecule has 0 unspecified atom stereocenters. The van der Waals surface area contributed by atoms with Gasteiger partial charge in [-0.15, -0.1) is 0 Å². The largest absolute Gasteiger partial charge is 0.489 e. The van der Waals surface area contributed by atoms with E-state index in [1.54, 1.807) is 42.5 Å². The lowest BCUT2D eigenvalue weighted by Gasteiger charge is -2.11. The Morgan fingerprint density at radius 1 is 1.10 bits per heavy atom. The van der Waals surface area contributed by atoms with E-state index in [1.165, 1.54) is 0 Å². The highest BCUT2D eigenvalue weighted by atomic mass is 35.5.